The summed E-state index contributed by atoms with van der Waals surface area (Å²) in [6.45, 7) is 9.03. The summed E-state index contributed by atoms with van der Waals surface area (Å²) in [5.74, 6) is -2.50. The van der Waals surface area contributed by atoms with E-state index in [0.717, 1.165) is 6.08 Å². The third-order valence-electron chi connectivity index (χ3n) is 7.29. The van der Waals surface area contributed by atoms with E-state index >= 15 is 0 Å². The van der Waals surface area contributed by atoms with Crippen molar-refractivity contribution < 1.29 is 38.5 Å². The van der Waals surface area contributed by atoms with E-state index in [2.05, 4.69) is 5.32 Å². The van der Waals surface area contributed by atoms with Gasteiger partial charge in [0.25, 0.3) is 5.91 Å². The molecule has 1 aliphatic heterocycles. The molecule has 1 heterocycles. The molecule has 40 heavy (non-hydrogen) atoms. The van der Waals surface area contributed by atoms with Gasteiger partial charge in [0.1, 0.15) is 6.10 Å². The summed E-state index contributed by atoms with van der Waals surface area (Å²) in [6.07, 6.45) is 5.93. The zero-order valence-electron chi connectivity index (χ0n) is 24.4. The quantitative estimate of drug-likeness (QED) is 0.350. The molecule has 0 saturated heterocycles. The summed E-state index contributed by atoms with van der Waals surface area (Å²) in [6, 6.07) is 0. The van der Waals surface area contributed by atoms with Crippen LogP contribution in [0, 0.1) is 17.8 Å². The van der Waals surface area contributed by atoms with E-state index in [0.29, 0.717) is 24.0 Å². The van der Waals surface area contributed by atoms with Gasteiger partial charge in [-0.1, -0.05) is 45.1 Å². The Hall–Kier alpha value is -3.50. The molecular weight excluding hydrogens is 516 g/mol. The van der Waals surface area contributed by atoms with E-state index < -0.39 is 41.9 Å². The number of primary amides is 1. The zero-order chi connectivity index (χ0) is 30.1. The lowest BCUT2D eigenvalue weighted by atomic mass is 9.85. The van der Waals surface area contributed by atoms with Crippen molar-refractivity contribution >= 4 is 23.6 Å². The number of fused-ring (bicyclic) bond motifs is 2. The van der Waals surface area contributed by atoms with Crippen LogP contribution < -0.4 is 11.1 Å². The topological polar surface area (TPSA) is 154 Å². The molecule has 10 nitrogen and oxygen atoms in total. The molecule has 6 atom stereocenters. The summed E-state index contributed by atoms with van der Waals surface area (Å²) in [5, 5.41) is 13.7. The lowest BCUT2D eigenvalue weighted by molar-refractivity contribution is -0.120. The highest BCUT2D eigenvalue weighted by Crippen LogP contribution is 2.30. The minimum Gasteiger partial charge on any atom is -0.492 e. The number of rotatable bonds is 4. The molecule has 2 amide bonds. The number of nitrogens with two attached hydrogens (primary N) is 1. The average molecular weight is 559 g/mol. The summed E-state index contributed by atoms with van der Waals surface area (Å²) >= 11 is 0. The highest BCUT2D eigenvalue weighted by molar-refractivity contribution is 6.23. The molecule has 0 spiro atoms. The number of ether oxygens (including phenoxy) is 3. The number of methoxy groups -OCH3 is 2. The van der Waals surface area contributed by atoms with Crippen molar-refractivity contribution in [1.82, 2.24) is 5.32 Å². The number of carbonyl (C=O) groups is 4. The van der Waals surface area contributed by atoms with Crippen molar-refractivity contribution in [1.29, 1.82) is 0 Å². The van der Waals surface area contributed by atoms with Crippen LogP contribution in [0.2, 0.25) is 0 Å². The van der Waals surface area contributed by atoms with Gasteiger partial charge >= 0.3 is 6.09 Å². The number of Topliss-reactive ketones (excluding diaryl/α,β-unsaturated/α-hetero) is 1. The largest absolute Gasteiger partial charge is 0.492 e. The van der Waals surface area contributed by atoms with Crippen LogP contribution in [0.25, 0.3) is 0 Å². The highest BCUT2D eigenvalue weighted by atomic mass is 16.6. The van der Waals surface area contributed by atoms with E-state index in [1.165, 1.54) is 14.2 Å². The fourth-order valence-corrected chi connectivity index (χ4v) is 5.06. The molecule has 0 fully saturated rings. The maximum absolute atomic E-state index is 13.3. The molecule has 1 aliphatic carbocycles. The van der Waals surface area contributed by atoms with Gasteiger partial charge < -0.3 is 30.4 Å². The Labute approximate surface area is 236 Å². The molecule has 2 bridgehead atoms. The smallest absolute Gasteiger partial charge is 0.405 e. The number of ketones is 2. The zero-order valence-corrected chi connectivity index (χ0v) is 24.4. The van der Waals surface area contributed by atoms with Crippen LogP contribution in [-0.2, 0) is 28.6 Å². The Kier molecular flexibility index (Phi) is 12.1. The first-order chi connectivity index (χ1) is 18.8. The van der Waals surface area contributed by atoms with Crippen LogP contribution in [0.1, 0.15) is 53.9 Å². The molecule has 220 valence electrons. The third-order valence-corrected chi connectivity index (χ3v) is 7.29. The number of aliphatic hydroxyl groups excluding tert-OH is 1. The SMILES string of the molecule is CC[C@H]1/C=C\C=C(/C)C(=O)NC2=CC(=O)C(OC)=C(C[C@@H](C)C[C@H](OC)[C@H](O)[C@@H](C)/C=C(\C)[C@@H]1OC(N)=O)C2=O. The van der Waals surface area contributed by atoms with Crippen LogP contribution in [0.5, 0.6) is 0 Å². The predicted molar refractivity (Wildman–Crippen MR) is 150 cm³/mol. The van der Waals surface area contributed by atoms with Crippen LogP contribution >= 0.6 is 0 Å². The molecule has 0 unspecified atom stereocenters. The van der Waals surface area contributed by atoms with E-state index in [1.807, 2.05) is 33.8 Å². The Balaban J connectivity index is 2.60. The van der Waals surface area contributed by atoms with Gasteiger partial charge in [-0.25, -0.2) is 4.79 Å². The van der Waals surface area contributed by atoms with Crippen LogP contribution in [-0.4, -0.2) is 61.2 Å². The first-order valence-electron chi connectivity index (χ1n) is 13.4. The summed E-state index contributed by atoms with van der Waals surface area (Å²) in [7, 11) is 2.82. The van der Waals surface area contributed by atoms with Crippen LogP contribution in [0.3, 0.4) is 0 Å². The minimum atomic E-state index is -0.922. The van der Waals surface area contributed by atoms with E-state index in [4.69, 9.17) is 19.9 Å². The minimum absolute atomic E-state index is 0.0662. The molecule has 4 N–H and O–H groups in total. The second-order valence-corrected chi connectivity index (χ2v) is 10.5. The molecule has 10 heteroatoms. The lowest BCUT2D eigenvalue weighted by Crippen LogP contribution is -2.36. The number of nitrogens with one attached hydrogen (secondary N) is 1. The summed E-state index contributed by atoms with van der Waals surface area (Å²) in [4.78, 5) is 50.7. The molecule has 2 aliphatic rings. The van der Waals surface area contributed by atoms with E-state index in [1.54, 1.807) is 25.2 Å². The first-order valence-corrected chi connectivity index (χ1v) is 13.4. The van der Waals surface area contributed by atoms with Gasteiger partial charge in [-0.15, -0.1) is 0 Å². The number of carbonyl (C=O) groups excluding carboxylic acids is 4. The predicted octanol–water partition coefficient (Wildman–Crippen LogP) is 3.42. The Morgan fingerprint density at radius 3 is 2.42 bits per heavy atom. The van der Waals surface area contributed by atoms with E-state index in [9.17, 15) is 24.3 Å². The van der Waals surface area contributed by atoms with Crippen molar-refractivity contribution in [2.24, 2.45) is 23.5 Å². The standard InChI is InChI=1S/C30H42N2O8/c1-8-20-11-9-10-17(3)29(36)32-22-15-23(33)28(39-7)21(26(22)35)12-16(2)13-24(38-6)25(34)18(4)14-19(5)27(20)40-30(31)37/h9-11,14-16,18,20,24-25,27,34H,8,12-13H2,1-7H3,(H2,31,37)(H,32,36)/b11-9-,17-10+,19-14+/t16-,18+,20+,24+,25-,27+/m1/s1. The van der Waals surface area contributed by atoms with Gasteiger partial charge in [-0.05, 0) is 44.6 Å². The molecule has 0 aromatic carbocycles. The number of amides is 2. The fourth-order valence-electron chi connectivity index (χ4n) is 5.06. The number of hydrogen-bond donors (Lipinski definition) is 3. The number of aliphatic hydroxyl groups is 1. The molecule has 0 aromatic rings. The van der Waals surface area contributed by atoms with Gasteiger partial charge in [0.05, 0.1) is 25.0 Å². The maximum Gasteiger partial charge on any atom is 0.405 e. The van der Waals surface area contributed by atoms with Crippen molar-refractivity contribution in [3.63, 3.8) is 0 Å². The summed E-state index contributed by atoms with van der Waals surface area (Å²) in [5.41, 5.74) is 6.40. The molecule has 0 radical (unpaired) electrons. The van der Waals surface area contributed by atoms with Crippen LogP contribution in [0.4, 0.5) is 4.79 Å². The highest BCUT2D eigenvalue weighted by Gasteiger charge is 2.33. The number of hydrogen-bond acceptors (Lipinski definition) is 8. The van der Waals surface area contributed by atoms with Gasteiger partial charge in [0.15, 0.2) is 5.76 Å². The molecule has 0 aromatic heterocycles. The van der Waals surface area contributed by atoms with Crippen molar-refractivity contribution in [3.05, 3.63) is 58.6 Å². The first kappa shape index (κ1) is 32.7. The van der Waals surface area contributed by atoms with Crippen molar-refractivity contribution in [2.75, 3.05) is 14.2 Å². The Morgan fingerprint density at radius 2 is 1.85 bits per heavy atom. The van der Waals surface area contributed by atoms with Gasteiger partial charge in [0, 0.05) is 36.2 Å². The molecule has 0 saturated carbocycles. The Morgan fingerprint density at radius 1 is 1.18 bits per heavy atom. The lowest BCUT2D eigenvalue weighted by Gasteiger charge is -2.30. The van der Waals surface area contributed by atoms with Crippen molar-refractivity contribution in [3.8, 4) is 0 Å². The monoisotopic (exact) mass is 558 g/mol. The molecule has 2 rings (SSSR count). The van der Waals surface area contributed by atoms with Gasteiger partial charge in [0.2, 0.25) is 11.6 Å². The normalized spacial score (nSPS) is 32.7. The Bertz CT molecular complexity index is 1150. The van der Waals surface area contributed by atoms with Gasteiger partial charge in [-0.2, -0.15) is 0 Å². The second-order valence-electron chi connectivity index (χ2n) is 10.5. The van der Waals surface area contributed by atoms with Crippen molar-refractivity contribution in [2.45, 2.75) is 72.2 Å². The second kappa shape index (κ2) is 14.8. The number of allylic oxidation sites excluding steroid dienone is 4. The van der Waals surface area contributed by atoms with Crippen LogP contribution in [0.15, 0.2) is 58.6 Å². The van der Waals surface area contributed by atoms with Gasteiger partial charge in [-0.3, -0.25) is 14.4 Å². The third kappa shape index (κ3) is 8.25. The van der Waals surface area contributed by atoms with E-state index in [-0.39, 0.29) is 41.2 Å². The average Bonchev–Trinajstić information content (AvgIpc) is 2.90. The maximum atomic E-state index is 13.3. The summed E-state index contributed by atoms with van der Waals surface area (Å²) < 4.78 is 16.4. The molecular formula is C30H42N2O8. The fraction of sp³-hybridized carbons (Fsp3) is 0.533.